The Morgan fingerprint density at radius 2 is 2.05 bits per heavy atom. The Balaban J connectivity index is 2.32. The molecule has 20 heavy (non-hydrogen) atoms. The Bertz CT molecular complexity index is 662. The maximum absolute atomic E-state index is 12.4. The van der Waals surface area contributed by atoms with Crippen LogP contribution < -0.4 is 5.56 Å². The second-order valence-corrected chi connectivity index (χ2v) is 6.49. The zero-order valence-electron chi connectivity index (χ0n) is 12.4. The average Bonchev–Trinajstić information content (AvgIpc) is 2.36. The van der Waals surface area contributed by atoms with Gasteiger partial charge in [0, 0.05) is 23.8 Å². The zero-order chi connectivity index (χ0) is 14.7. The lowest BCUT2D eigenvalue weighted by Crippen LogP contribution is -2.24. The number of benzene rings is 1. The maximum Gasteiger partial charge on any atom is 0.283 e. The van der Waals surface area contributed by atoms with Crippen molar-refractivity contribution in [3.8, 4) is 0 Å². The summed E-state index contributed by atoms with van der Waals surface area (Å²) >= 11 is 1.45. The van der Waals surface area contributed by atoms with E-state index in [2.05, 4.69) is 50.9 Å². The third-order valence-electron chi connectivity index (χ3n) is 2.98. The van der Waals surface area contributed by atoms with Crippen LogP contribution in [0.4, 0.5) is 0 Å². The molecular weight excluding hydrogens is 268 g/mol. The van der Waals surface area contributed by atoms with Gasteiger partial charge in [0.15, 0.2) is 5.03 Å². The van der Waals surface area contributed by atoms with Gasteiger partial charge < -0.3 is 4.57 Å². The van der Waals surface area contributed by atoms with E-state index >= 15 is 0 Å². The van der Waals surface area contributed by atoms with Crippen molar-refractivity contribution in [1.82, 2.24) is 9.55 Å². The fourth-order valence-corrected chi connectivity index (χ4v) is 2.93. The average molecular weight is 288 g/mol. The molecule has 0 aliphatic carbocycles. The minimum absolute atomic E-state index is 0.00817. The number of hydrogen-bond acceptors (Lipinski definition) is 3. The van der Waals surface area contributed by atoms with Crippen LogP contribution in [0.25, 0.3) is 0 Å². The molecule has 0 spiro atoms. The van der Waals surface area contributed by atoms with E-state index in [-0.39, 0.29) is 5.56 Å². The van der Waals surface area contributed by atoms with Gasteiger partial charge in [-0.1, -0.05) is 43.3 Å². The largest absolute Gasteiger partial charge is 0.311 e. The van der Waals surface area contributed by atoms with E-state index in [1.807, 2.05) is 0 Å². The molecule has 0 radical (unpaired) electrons. The highest BCUT2D eigenvalue weighted by Crippen LogP contribution is 2.27. The summed E-state index contributed by atoms with van der Waals surface area (Å²) in [6.45, 7) is 9.05. The molecule has 0 N–H and O–H groups in total. The summed E-state index contributed by atoms with van der Waals surface area (Å²) in [6, 6.07) is 6.24. The Hall–Kier alpha value is -1.55. The van der Waals surface area contributed by atoms with Crippen LogP contribution in [0.5, 0.6) is 0 Å². The van der Waals surface area contributed by atoms with Crippen molar-refractivity contribution >= 4 is 11.8 Å². The molecule has 4 heteroatoms. The minimum atomic E-state index is -0.00817. The Morgan fingerprint density at radius 3 is 2.70 bits per heavy atom. The van der Waals surface area contributed by atoms with Crippen LogP contribution in [0.3, 0.4) is 0 Å². The minimum Gasteiger partial charge on any atom is -0.311 e. The highest BCUT2D eigenvalue weighted by molar-refractivity contribution is 7.99. The molecule has 0 saturated heterocycles. The second kappa shape index (κ2) is 6.27. The molecule has 0 amide bonds. The van der Waals surface area contributed by atoms with E-state index in [9.17, 15) is 4.79 Å². The first-order valence-corrected chi connectivity index (χ1v) is 7.59. The standard InChI is InChI=1S/C16H20N2OS/c1-11(2)10-18-8-7-17-15(16(18)19)20-14-6-5-12(3)9-13(14)4/h5-9,11H,10H2,1-4H3. The van der Waals surface area contributed by atoms with Crippen LogP contribution in [-0.2, 0) is 6.54 Å². The molecule has 1 aromatic carbocycles. The molecule has 0 saturated carbocycles. The van der Waals surface area contributed by atoms with E-state index in [4.69, 9.17) is 0 Å². The van der Waals surface area contributed by atoms with Crippen molar-refractivity contribution in [2.75, 3.05) is 0 Å². The lowest BCUT2D eigenvalue weighted by Gasteiger charge is -2.10. The summed E-state index contributed by atoms with van der Waals surface area (Å²) in [5.74, 6) is 0.439. The van der Waals surface area contributed by atoms with Gasteiger partial charge in [0.1, 0.15) is 0 Å². The van der Waals surface area contributed by atoms with Crippen LogP contribution in [0.15, 0.2) is 45.3 Å². The van der Waals surface area contributed by atoms with E-state index in [0.29, 0.717) is 10.9 Å². The van der Waals surface area contributed by atoms with Crippen molar-refractivity contribution in [3.05, 3.63) is 52.1 Å². The Kier molecular flexibility index (Phi) is 4.65. The predicted octanol–water partition coefficient (Wildman–Crippen LogP) is 3.67. The van der Waals surface area contributed by atoms with Crippen molar-refractivity contribution in [1.29, 1.82) is 0 Å². The molecule has 0 aliphatic heterocycles. The fraction of sp³-hybridized carbons (Fsp3) is 0.375. The number of rotatable bonds is 4. The summed E-state index contributed by atoms with van der Waals surface area (Å²) in [5, 5.41) is 0.542. The van der Waals surface area contributed by atoms with E-state index in [1.165, 1.54) is 22.9 Å². The Labute approximate surface area is 124 Å². The smallest absolute Gasteiger partial charge is 0.283 e. The highest BCUT2D eigenvalue weighted by Gasteiger charge is 2.09. The molecule has 0 bridgehead atoms. The van der Waals surface area contributed by atoms with Crippen LogP contribution in [-0.4, -0.2) is 9.55 Å². The lowest BCUT2D eigenvalue weighted by atomic mass is 10.2. The third-order valence-corrected chi connectivity index (χ3v) is 4.13. The lowest BCUT2D eigenvalue weighted by molar-refractivity contribution is 0.502. The van der Waals surface area contributed by atoms with Gasteiger partial charge in [-0.25, -0.2) is 4.98 Å². The predicted molar refractivity (Wildman–Crippen MR) is 83.4 cm³/mol. The normalized spacial score (nSPS) is 11.1. The first-order valence-electron chi connectivity index (χ1n) is 6.78. The molecule has 0 fully saturated rings. The van der Waals surface area contributed by atoms with Crippen molar-refractivity contribution < 1.29 is 0 Å². The van der Waals surface area contributed by atoms with Crippen molar-refractivity contribution in [2.24, 2.45) is 5.92 Å². The molecule has 3 nitrogen and oxygen atoms in total. The first-order chi connectivity index (χ1) is 9.47. The molecule has 2 rings (SSSR count). The summed E-state index contributed by atoms with van der Waals surface area (Å²) < 4.78 is 1.74. The fourth-order valence-electron chi connectivity index (χ4n) is 2.05. The van der Waals surface area contributed by atoms with Crippen LogP contribution in [0.2, 0.25) is 0 Å². The van der Waals surface area contributed by atoms with Crippen molar-refractivity contribution in [3.63, 3.8) is 0 Å². The van der Waals surface area contributed by atoms with Crippen LogP contribution >= 0.6 is 11.8 Å². The van der Waals surface area contributed by atoms with E-state index < -0.39 is 0 Å². The molecule has 0 unspecified atom stereocenters. The monoisotopic (exact) mass is 288 g/mol. The van der Waals surface area contributed by atoms with Gasteiger partial charge in [0.25, 0.3) is 5.56 Å². The van der Waals surface area contributed by atoms with Gasteiger partial charge in [-0.15, -0.1) is 0 Å². The van der Waals surface area contributed by atoms with Crippen LogP contribution in [0, 0.1) is 19.8 Å². The van der Waals surface area contributed by atoms with E-state index in [1.54, 1.807) is 17.0 Å². The summed E-state index contributed by atoms with van der Waals surface area (Å²) in [5.41, 5.74) is 2.40. The number of aromatic nitrogens is 2. The van der Waals surface area contributed by atoms with Gasteiger partial charge in [0.2, 0.25) is 0 Å². The molecule has 2 aromatic rings. The summed E-state index contributed by atoms with van der Waals surface area (Å²) in [4.78, 5) is 17.7. The number of aryl methyl sites for hydroxylation is 2. The highest BCUT2D eigenvalue weighted by atomic mass is 32.2. The summed E-state index contributed by atoms with van der Waals surface area (Å²) in [6.07, 6.45) is 3.46. The summed E-state index contributed by atoms with van der Waals surface area (Å²) in [7, 11) is 0. The first kappa shape index (κ1) is 14.9. The molecule has 1 heterocycles. The molecule has 106 valence electrons. The third kappa shape index (κ3) is 3.51. The zero-order valence-corrected chi connectivity index (χ0v) is 13.2. The van der Waals surface area contributed by atoms with Crippen molar-refractivity contribution in [2.45, 2.75) is 44.2 Å². The SMILES string of the molecule is Cc1ccc(Sc2nccn(CC(C)C)c2=O)c(C)c1. The molecule has 0 aliphatic rings. The van der Waals surface area contributed by atoms with Gasteiger partial charge in [-0.05, 0) is 31.4 Å². The van der Waals surface area contributed by atoms with Crippen LogP contribution in [0.1, 0.15) is 25.0 Å². The maximum atomic E-state index is 12.4. The van der Waals surface area contributed by atoms with Gasteiger partial charge in [0.05, 0.1) is 0 Å². The number of hydrogen-bond donors (Lipinski definition) is 0. The molecule has 1 aromatic heterocycles. The van der Waals surface area contributed by atoms with E-state index in [0.717, 1.165) is 11.4 Å². The van der Waals surface area contributed by atoms with Gasteiger partial charge >= 0.3 is 0 Å². The van der Waals surface area contributed by atoms with Gasteiger partial charge in [-0.3, -0.25) is 4.79 Å². The number of nitrogens with zero attached hydrogens (tertiary/aromatic N) is 2. The quantitative estimate of drug-likeness (QED) is 0.861. The Morgan fingerprint density at radius 1 is 1.30 bits per heavy atom. The second-order valence-electron chi connectivity index (χ2n) is 5.45. The van der Waals surface area contributed by atoms with Gasteiger partial charge in [-0.2, -0.15) is 0 Å². The molecular formula is C16H20N2OS. The topological polar surface area (TPSA) is 34.9 Å². The molecule has 0 atom stereocenters.